The molecule has 124 valence electrons. The van der Waals surface area contributed by atoms with Crippen LogP contribution >= 0.6 is 0 Å². The number of nitriles is 1. The van der Waals surface area contributed by atoms with Crippen molar-refractivity contribution in [3.8, 4) is 6.07 Å². The van der Waals surface area contributed by atoms with E-state index in [-0.39, 0.29) is 30.8 Å². The first kappa shape index (κ1) is 18.4. The van der Waals surface area contributed by atoms with Gasteiger partial charge in [0.05, 0.1) is 19.2 Å². The van der Waals surface area contributed by atoms with Crippen LogP contribution < -0.4 is 10.6 Å². The van der Waals surface area contributed by atoms with Crippen molar-refractivity contribution >= 4 is 11.8 Å². The zero-order valence-corrected chi connectivity index (χ0v) is 13.9. The van der Waals surface area contributed by atoms with Crippen LogP contribution in [0.25, 0.3) is 0 Å². The van der Waals surface area contributed by atoms with Gasteiger partial charge in [-0.25, -0.2) is 0 Å². The van der Waals surface area contributed by atoms with Crippen LogP contribution in [-0.2, 0) is 9.59 Å². The number of nitrogens with one attached hydrogen (secondary N) is 2. The zero-order valence-electron chi connectivity index (χ0n) is 13.9. The summed E-state index contributed by atoms with van der Waals surface area (Å²) in [6, 6.07) is 2.22. The highest BCUT2D eigenvalue weighted by Gasteiger charge is 2.43. The molecule has 1 atom stereocenters. The van der Waals surface area contributed by atoms with E-state index in [1.54, 1.807) is 6.92 Å². The van der Waals surface area contributed by atoms with E-state index in [4.69, 9.17) is 0 Å². The Balaban J connectivity index is 2.49. The third kappa shape index (κ3) is 6.02. The largest absolute Gasteiger partial charge is 0.355 e. The lowest BCUT2D eigenvalue weighted by molar-refractivity contribution is -0.125. The third-order valence-electron chi connectivity index (χ3n) is 3.87. The minimum atomic E-state index is -0.778. The molecule has 0 spiro atoms. The van der Waals surface area contributed by atoms with Gasteiger partial charge < -0.3 is 10.6 Å². The van der Waals surface area contributed by atoms with Crippen LogP contribution in [0.4, 0.5) is 0 Å². The predicted octanol–water partition coefficient (Wildman–Crippen LogP) is 1.03. The summed E-state index contributed by atoms with van der Waals surface area (Å²) in [6.07, 6.45) is 3.74. The van der Waals surface area contributed by atoms with Crippen LogP contribution in [0.2, 0.25) is 0 Å². The Labute approximate surface area is 133 Å². The van der Waals surface area contributed by atoms with Crippen molar-refractivity contribution < 1.29 is 9.59 Å². The van der Waals surface area contributed by atoms with Crippen LogP contribution in [0.1, 0.15) is 46.5 Å². The van der Waals surface area contributed by atoms with E-state index in [0.29, 0.717) is 13.1 Å². The van der Waals surface area contributed by atoms with Crippen molar-refractivity contribution in [1.82, 2.24) is 15.5 Å². The number of carbonyl (C=O) groups is 2. The predicted molar refractivity (Wildman–Crippen MR) is 84.9 cm³/mol. The van der Waals surface area contributed by atoms with Gasteiger partial charge in [0, 0.05) is 6.54 Å². The minimum absolute atomic E-state index is 0.0617. The zero-order chi connectivity index (χ0) is 16.6. The van der Waals surface area contributed by atoms with E-state index < -0.39 is 5.54 Å². The summed E-state index contributed by atoms with van der Waals surface area (Å²) in [6.45, 7) is 7.49. The molecule has 6 nitrogen and oxygen atoms in total. The van der Waals surface area contributed by atoms with Gasteiger partial charge in [0.15, 0.2) is 0 Å². The Morgan fingerprint density at radius 2 is 1.86 bits per heavy atom. The third-order valence-corrected chi connectivity index (χ3v) is 3.87. The summed E-state index contributed by atoms with van der Waals surface area (Å²) in [7, 11) is 0. The first-order chi connectivity index (χ1) is 10.4. The van der Waals surface area contributed by atoms with Gasteiger partial charge in [0.25, 0.3) is 0 Å². The van der Waals surface area contributed by atoms with Crippen molar-refractivity contribution in [2.75, 3.05) is 26.2 Å². The number of rotatable bonds is 10. The molecule has 0 aromatic rings. The molecule has 0 saturated heterocycles. The number of nitrogens with zero attached hydrogens (tertiary/aromatic N) is 2. The molecular weight excluding hydrogens is 280 g/mol. The van der Waals surface area contributed by atoms with E-state index in [1.165, 1.54) is 0 Å². The first-order valence-corrected chi connectivity index (χ1v) is 8.16. The summed E-state index contributed by atoms with van der Waals surface area (Å²) in [5.74, 6) is 0.00922. The average Bonchev–Trinajstić information content (AvgIpc) is 3.30. The van der Waals surface area contributed by atoms with E-state index >= 15 is 0 Å². The van der Waals surface area contributed by atoms with Crippen LogP contribution in [0, 0.1) is 17.2 Å². The maximum atomic E-state index is 12.2. The van der Waals surface area contributed by atoms with Gasteiger partial charge in [-0.15, -0.1) is 0 Å². The smallest absolute Gasteiger partial charge is 0.235 e. The van der Waals surface area contributed by atoms with Crippen LogP contribution in [0.5, 0.6) is 0 Å². The maximum absolute atomic E-state index is 12.2. The Morgan fingerprint density at radius 1 is 1.23 bits per heavy atom. The van der Waals surface area contributed by atoms with Gasteiger partial charge in [-0.2, -0.15) is 5.26 Å². The Bertz CT molecular complexity index is 428. The molecule has 0 heterocycles. The van der Waals surface area contributed by atoms with Crippen molar-refractivity contribution in [3.05, 3.63) is 0 Å². The molecule has 22 heavy (non-hydrogen) atoms. The van der Waals surface area contributed by atoms with Gasteiger partial charge >= 0.3 is 0 Å². The van der Waals surface area contributed by atoms with Gasteiger partial charge in [-0.05, 0) is 45.1 Å². The Hall–Kier alpha value is -1.61. The van der Waals surface area contributed by atoms with E-state index in [1.807, 2.05) is 18.7 Å². The Morgan fingerprint density at radius 3 is 2.36 bits per heavy atom. The van der Waals surface area contributed by atoms with Crippen molar-refractivity contribution in [3.63, 3.8) is 0 Å². The fourth-order valence-electron chi connectivity index (χ4n) is 2.47. The molecule has 1 rings (SSSR count). The molecule has 6 heteroatoms. The second-order valence-corrected chi connectivity index (χ2v) is 6.20. The normalized spacial score (nSPS) is 16.7. The summed E-state index contributed by atoms with van der Waals surface area (Å²) in [4.78, 5) is 25.8. The fraction of sp³-hybridized carbons (Fsp3) is 0.812. The van der Waals surface area contributed by atoms with Gasteiger partial charge in [0.2, 0.25) is 11.8 Å². The van der Waals surface area contributed by atoms with Gasteiger partial charge in [0.1, 0.15) is 5.54 Å². The number of carbonyl (C=O) groups excluding carboxylic acids is 2. The molecule has 0 aromatic carbocycles. The molecule has 1 aliphatic rings. The first-order valence-electron chi connectivity index (χ1n) is 8.16. The van der Waals surface area contributed by atoms with Crippen LogP contribution in [0.15, 0.2) is 0 Å². The lowest BCUT2D eigenvalue weighted by atomic mass is 9.98. The molecule has 1 saturated carbocycles. The van der Waals surface area contributed by atoms with Crippen LogP contribution in [-0.4, -0.2) is 48.4 Å². The van der Waals surface area contributed by atoms with E-state index in [2.05, 4.69) is 16.7 Å². The lowest BCUT2D eigenvalue weighted by Gasteiger charge is -2.26. The topological polar surface area (TPSA) is 85.2 Å². The number of hydrogen-bond donors (Lipinski definition) is 2. The molecule has 1 aliphatic carbocycles. The fourth-order valence-corrected chi connectivity index (χ4v) is 2.47. The molecule has 2 amide bonds. The molecule has 1 fully saturated rings. The average molecular weight is 308 g/mol. The van der Waals surface area contributed by atoms with Crippen molar-refractivity contribution in [1.29, 1.82) is 5.26 Å². The highest BCUT2D eigenvalue weighted by molar-refractivity contribution is 5.81. The van der Waals surface area contributed by atoms with Gasteiger partial charge in [-0.1, -0.05) is 13.8 Å². The molecule has 0 bridgehead atoms. The van der Waals surface area contributed by atoms with Crippen molar-refractivity contribution in [2.24, 2.45) is 5.92 Å². The quantitative estimate of drug-likeness (QED) is 0.631. The number of amides is 2. The monoisotopic (exact) mass is 308 g/mol. The maximum Gasteiger partial charge on any atom is 0.235 e. The minimum Gasteiger partial charge on any atom is -0.355 e. The molecule has 2 N–H and O–H groups in total. The molecule has 0 aliphatic heterocycles. The number of hydrogen-bond acceptors (Lipinski definition) is 4. The Kier molecular flexibility index (Phi) is 7.33. The SMILES string of the molecule is CCCNC(=O)CN(CCC)CC(=O)NC(C)(C#N)C1CC1. The molecular formula is C16H28N4O2. The highest BCUT2D eigenvalue weighted by Crippen LogP contribution is 2.39. The standard InChI is InChI=1S/C16H28N4O2/c1-4-8-18-14(21)10-20(9-5-2)11-15(22)19-16(3,12-17)13-6-7-13/h13H,4-11H2,1-3H3,(H,18,21)(H,19,22). The van der Waals surface area contributed by atoms with E-state index in [0.717, 1.165) is 25.7 Å². The molecule has 0 aromatic heterocycles. The highest BCUT2D eigenvalue weighted by atomic mass is 16.2. The lowest BCUT2D eigenvalue weighted by Crippen LogP contribution is -2.51. The second-order valence-electron chi connectivity index (χ2n) is 6.20. The second kappa shape index (κ2) is 8.74. The van der Waals surface area contributed by atoms with E-state index in [9.17, 15) is 14.9 Å². The molecule has 1 unspecified atom stereocenters. The molecule has 0 radical (unpaired) electrons. The van der Waals surface area contributed by atoms with Crippen molar-refractivity contribution in [2.45, 2.75) is 52.0 Å². The summed E-state index contributed by atoms with van der Waals surface area (Å²) in [5.41, 5.74) is -0.778. The summed E-state index contributed by atoms with van der Waals surface area (Å²) >= 11 is 0. The van der Waals surface area contributed by atoms with Crippen LogP contribution in [0.3, 0.4) is 0 Å². The summed E-state index contributed by atoms with van der Waals surface area (Å²) < 4.78 is 0. The van der Waals surface area contributed by atoms with Gasteiger partial charge in [-0.3, -0.25) is 14.5 Å². The summed E-state index contributed by atoms with van der Waals surface area (Å²) in [5, 5.41) is 14.9.